The third-order valence-electron chi connectivity index (χ3n) is 4.34. The Kier molecular flexibility index (Phi) is 3.48. The molecule has 21 heavy (non-hydrogen) atoms. The fourth-order valence-electron chi connectivity index (χ4n) is 3.34. The second kappa shape index (κ2) is 5.31. The first-order valence-corrected chi connectivity index (χ1v) is 7.12. The number of urea groups is 1. The van der Waals surface area contributed by atoms with Gasteiger partial charge in [0.05, 0.1) is 30.0 Å². The molecular formula is C14H18N4O3. The van der Waals surface area contributed by atoms with Crippen molar-refractivity contribution in [2.24, 2.45) is 5.92 Å². The largest absolute Gasteiger partial charge is 0.481 e. The lowest BCUT2D eigenvalue weighted by molar-refractivity contribution is -0.142. The summed E-state index contributed by atoms with van der Waals surface area (Å²) in [5.74, 6) is -1.22. The Morgan fingerprint density at radius 3 is 2.81 bits per heavy atom. The van der Waals surface area contributed by atoms with E-state index in [9.17, 15) is 14.7 Å². The van der Waals surface area contributed by atoms with Crippen LogP contribution in [-0.4, -0.2) is 44.1 Å². The van der Waals surface area contributed by atoms with E-state index in [0.29, 0.717) is 18.7 Å². The zero-order valence-corrected chi connectivity index (χ0v) is 11.8. The minimum atomic E-state index is -0.801. The second-order valence-electron chi connectivity index (χ2n) is 5.69. The Balaban J connectivity index is 1.61. The molecule has 2 aliphatic heterocycles. The van der Waals surface area contributed by atoms with Crippen LogP contribution in [0, 0.1) is 12.8 Å². The van der Waals surface area contributed by atoms with Gasteiger partial charge in [-0.3, -0.25) is 14.8 Å². The van der Waals surface area contributed by atoms with Gasteiger partial charge in [-0.1, -0.05) is 0 Å². The average molecular weight is 290 g/mol. The van der Waals surface area contributed by atoms with Crippen LogP contribution in [0.1, 0.15) is 30.7 Å². The van der Waals surface area contributed by atoms with Crippen molar-refractivity contribution in [3.05, 3.63) is 23.8 Å². The van der Waals surface area contributed by atoms with Gasteiger partial charge in [-0.2, -0.15) is 0 Å². The number of carbonyl (C=O) groups excluding carboxylic acids is 1. The fourth-order valence-corrected chi connectivity index (χ4v) is 3.34. The predicted molar refractivity (Wildman–Crippen MR) is 73.4 cm³/mol. The summed E-state index contributed by atoms with van der Waals surface area (Å²) >= 11 is 0. The molecule has 2 fully saturated rings. The first-order valence-electron chi connectivity index (χ1n) is 7.12. The highest BCUT2D eigenvalue weighted by molar-refractivity contribution is 5.79. The van der Waals surface area contributed by atoms with E-state index in [1.54, 1.807) is 17.3 Å². The molecule has 2 amide bonds. The van der Waals surface area contributed by atoms with Crippen molar-refractivity contribution < 1.29 is 14.7 Å². The summed E-state index contributed by atoms with van der Waals surface area (Å²) in [7, 11) is 0. The lowest BCUT2D eigenvalue weighted by atomic mass is 9.89. The van der Waals surface area contributed by atoms with Gasteiger partial charge in [-0.05, 0) is 26.2 Å². The first-order chi connectivity index (χ1) is 10.1. The van der Waals surface area contributed by atoms with Gasteiger partial charge in [0.25, 0.3) is 0 Å². The summed E-state index contributed by atoms with van der Waals surface area (Å²) in [5, 5.41) is 12.0. The SMILES string of the molecule is Cc1cnc(CNC(=O)N2C3CCC2C(C(=O)O)C3)cn1. The van der Waals surface area contributed by atoms with Crippen LogP contribution in [0.4, 0.5) is 4.79 Å². The van der Waals surface area contributed by atoms with Crippen molar-refractivity contribution in [2.45, 2.75) is 44.8 Å². The lowest BCUT2D eigenvalue weighted by Crippen LogP contribution is -2.44. The van der Waals surface area contributed by atoms with Crippen molar-refractivity contribution in [2.75, 3.05) is 0 Å². The second-order valence-corrected chi connectivity index (χ2v) is 5.69. The molecule has 3 atom stereocenters. The molecule has 1 aromatic rings. The predicted octanol–water partition coefficient (Wildman–Crippen LogP) is 0.932. The molecule has 2 bridgehead atoms. The van der Waals surface area contributed by atoms with Gasteiger partial charge in [0.1, 0.15) is 0 Å². The summed E-state index contributed by atoms with van der Waals surface area (Å²) in [4.78, 5) is 33.5. The van der Waals surface area contributed by atoms with Crippen LogP contribution in [0.3, 0.4) is 0 Å². The molecule has 3 heterocycles. The van der Waals surface area contributed by atoms with E-state index in [1.165, 1.54) is 0 Å². The molecule has 0 aromatic carbocycles. The van der Waals surface area contributed by atoms with E-state index < -0.39 is 11.9 Å². The third-order valence-corrected chi connectivity index (χ3v) is 4.34. The number of aromatic nitrogens is 2. The number of carboxylic acid groups (broad SMARTS) is 1. The summed E-state index contributed by atoms with van der Waals surface area (Å²) in [6.45, 7) is 2.16. The zero-order valence-electron chi connectivity index (χ0n) is 11.8. The highest BCUT2D eigenvalue weighted by Gasteiger charge is 2.51. The topological polar surface area (TPSA) is 95.4 Å². The molecule has 0 aliphatic carbocycles. The number of rotatable bonds is 3. The Labute approximate surface area is 122 Å². The summed E-state index contributed by atoms with van der Waals surface area (Å²) in [6.07, 6.45) is 5.53. The molecule has 3 rings (SSSR count). The number of aliphatic carboxylic acids is 1. The van der Waals surface area contributed by atoms with Crippen LogP contribution in [0.5, 0.6) is 0 Å². The molecule has 7 nitrogen and oxygen atoms in total. The highest BCUT2D eigenvalue weighted by Crippen LogP contribution is 2.41. The smallest absolute Gasteiger partial charge is 0.318 e. The van der Waals surface area contributed by atoms with Crippen LogP contribution < -0.4 is 5.32 Å². The van der Waals surface area contributed by atoms with Gasteiger partial charge < -0.3 is 15.3 Å². The summed E-state index contributed by atoms with van der Waals surface area (Å²) < 4.78 is 0. The van der Waals surface area contributed by atoms with E-state index in [0.717, 1.165) is 18.5 Å². The van der Waals surface area contributed by atoms with Crippen LogP contribution in [0.2, 0.25) is 0 Å². The van der Waals surface area contributed by atoms with Crippen LogP contribution >= 0.6 is 0 Å². The standard InChI is InChI=1S/C14H18N4O3/c1-8-5-16-9(6-15-8)7-17-14(21)18-10-2-3-12(18)11(4-10)13(19)20/h5-6,10-12H,2-4,7H2,1H3,(H,17,21)(H,19,20). The minimum absolute atomic E-state index is 0.0557. The molecule has 2 N–H and O–H groups in total. The molecule has 7 heteroatoms. The molecule has 0 spiro atoms. The zero-order chi connectivity index (χ0) is 15.0. The van der Waals surface area contributed by atoms with Gasteiger partial charge in [0.2, 0.25) is 0 Å². The van der Waals surface area contributed by atoms with Crippen LogP contribution in [-0.2, 0) is 11.3 Å². The normalized spacial score (nSPS) is 26.9. The molecule has 2 saturated heterocycles. The van der Waals surface area contributed by atoms with E-state index in [1.807, 2.05) is 6.92 Å². The Bertz CT molecular complexity index is 560. The number of carboxylic acids is 1. The maximum Gasteiger partial charge on any atom is 0.318 e. The number of hydrogen-bond donors (Lipinski definition) is 2. The van der Waals surface area contributed by atoms with Crippen molar-refractivity contribution in [3.63, 3.8) is 0 Å². The number of amides is 2. The Hall–Kier alpha value is -2.18. The van der Waals surface area contributed by atoms with Gasteiger partial charge in [-0.15, -0.1) is 0 Å². The number of nitrogens with zero attached hydrogens (tertiary/aromatic N) is 3. The summed E-state index contributed by atoms with van der Waals surface area (Å²) in [6, 6.07) is -0.314. The molecular weight excluding hydrogens is 272 g/mol. The van der Waals surface area contributed by atoms with Gasteiger partial charge in [0.15, 0.2) is 0 Å². The Morgan fingerprint density at radius 1 is 1.38 bits per heavy atom. The average Bonchev–Trinajstić information content (AvgIpc) is 3.04. The van der Waals surface area contributed by atoms with E-state index in [4.69, 9.17) is 0 Å². The molecule has 112 valence electrons. The maximum atomic E-state index is 12.3. The van der Waals surface area contributed by atoms with Crippen LogP contribution in [0.15, 0.2) is 12.4 Å². The number of hydrogen-bond acceptors (Lipinski definition) is 4. The van der Waals surface area contributed by atoms with Gasteiger partial charge >= 0.3 is 12.0 Å². The number of fused-ring (bicyclic) bond motifs is 2. The molecule has 3 unspecified atom stereocenters. The molecule has 0 saturated carbocycles. The third kappa shape index (κ3) is 2.55. The summed E-state index contributed by atoms with van der Waals surface area (Å²) in [5.41, 5.74) is 1.52. The lowest BCUT2D eigenvalue weighted by Gasteiger charge is -2.23. The monoisotopic (exact) mass is 290 g/mol. The number of aryl methyl sites for hydroxylation is 1. The van der Waals surface area contributed by atoms with Gasteiger partial charge in [0, 0.05) is 18.3 Å². The molecule has 2 aliphatic rings. The maximum absolute atomic E-state index is 12.3. The van der Waals surface area contributed by atoms with Crippen molar-refractivity contribution in [1.29, 1.82) is 0 Å². The van der Waals surface area contributed by atoms with E-state index >= 15 is 0 Å². The van der Waals surface area contributed by atoms with E-state index in [-0.39, 0.29) is 18.1 Å². The van der Waals surface area contributed by atoms with Crippen LogP contribution in [0.25, 0.3) is 0 Å². The van der Waals surface area contributed by atoms with Crippen molar-refractivity contribution >= 4 is 12.0 Å². The Morgan fingerprint density at radius 2 is 2.19 bits per heavy atom. The van der Waals surface area contributed by atoms with Crippen molar-refractivity contribution in [1.82, 2.24) is 20.2 Å². The number of nitrogens with one attached hydrogen (secondary N) is 1. The highest BCUT2D eigenvalue weighted by atomic mass is 16.4. The minimum Gasteiger partial charge on any atom is -0.481 e. The van der Waals surface area contributed by atoms with Crippen molar-refractivity contribution in [3.8, 4) is 0 Å². The quantitative estimate of drug-likeness (QED) is 0.863. The fraction of sp³-hybridized carbons (Fsp3) is 0.571. The van der Waals surface area contributed by atoms with E-state index in [2.05, 4.69) is 15.3 Å². The number of carbonyl (C=O) groups is 2. The first kappa shape index (κ1) is 13.8. The van der Waals surface area contributed by atoms with Gasteiger partial charge in [-0.25, -0.2) is 4.79 Å². The molecule has 0 radical (unpaired) electrons. The molecule has 1 aromatic heterocycles.